The first-order valence-electron chi connectivity index (χ1n) is 5.90. The molecular weight excluding hydrogens is 338 g/mol. The SMILES string of the molecule is Cc1cc(Br)c(NC(=O)C#Cc2ccccc2)cc1Cl. The third-order valence-electron chi connectivity index (χ3n) is 2.59. The van der Waals surface area contributed by atoms with Gasteiger partial charge in [-0.2, -0.15) is 0 Å². The average Bonchev–Trinajstić information content (AvgIpc) is 2.44. The molecular formula is C16H11BrClNO. The van der Waals surface area contributed by atoms with Crippen molar-refractivity contribution in [1.29, 1.82) is 0 Å². The monoisotopic (exact) mass is 347 g/mol. The van der Waals surface area contributed by atoms with E-state index in [-0.39, 0.29) is 5.91 Å². The second-order valence-electron chi connectivity index (χ2n) is 4.15. The van der Waals surface area contributed by atoms with Crippen LogP contribution in [-0.2, 0) is 4.79 Å². The van der Waals surface area contributed by atoms with Gasteiger partial charge in [0.15, 0.2) is 0 Å². The van der Waals surface area contributed by atoms with Crippen LogP contribution in [0.2, 0.25) is 5.02 Å². The molecule has 0 bridgehead atoms. The Morgan fingerprint density at radius 1 is 1.25 bits per heavy atom. The minimum absolute atomic E-state index is 0.380. The van der Waals surface area contributed by atoms with E-state index >= 15 is 0 Å². The standard InChI is InChI=1S/C16H11BrClNO/c1-11-9-13(17)15(10-14(11)18)19-16(20)8-7-12-5-3-2-4-6-12/h2-6,9-10H,1H3,(H,19,20). The number of benzene rings is 2. The molecule has 0 saturated heterocycles. The summed E-state index contributed by atoms with van der Waals surface area (Å²) in [7, 11) is 0. The van der Waals surface area contributed by atoms with E-state index in [1.165, 1.54) is 0 Å². The molecule has 0 heterocycles. The van der Waals surface area contributed by atoms with Crippen molar-refractivity contribution >= 4 is 39.1 Å². The van der Waals surface area contributed by atoms with Crippen molar-refractivity contribution in [1.82, 2.24) is 0 Å². The largest absolute Gasteiger partial charge is 0.314 e. The lowest BCUT2D eigenvalue weighted by molar-refractivity contribution is -0.111. The van der Waals surface area contributed by atoms with E-state index in [4.69, 9.17) is 11.6 Å². The fourth-order valence-electron chi connectivity index (χ4n) is 1.55. The van der Waals surface area contributed by atoms with Gasteiger partial charge in [-0.05, 0) is 52.7 Å². The Bertz CT molecular complexity index is 702. The molecule has 0 aliphatic rings. The molecule has 0 fully saturated rings. The van der Waals surface area contributed by atoms with E-state index in [1.54, 1.807) is 6.07 Å². The summed E-state index contributed by atoms with van der Waals surface area (Å²) in [5.41, 5.74) is 2.34. The molecule has 2 nitrogen and oxygen atoms in total. The van der Waals surface area contributed by atoms with Crippen LogP contribution in [0, 0.1) is 18.8 Å². The Kier molecular flexibility index (Phi) is 4.84. The van der Waals surface area contributed by atoms with E-state index in [0.717, 1.165) is 15.6 Å². The molecule has 1 N–H and O–H groups in total. The quantitative estimate of drug-likeness (QED) is 0.760. The minimum atomic E-state index is -0.380. The van der Waals surface area contributed by atoms with Crippen molar-refractivity contribution in [3.05, 3.63) is 63.1 Å². The molecule has 0 saturated carbocycles. The summed E-state index contributed by atoms with van der Waals surface area (Å²) in [6, 6.07) is 12.9. The maximum atomic E-state index is 11.8. The molecule has 0 radical (unpaired) electrons. The minimum Gasteiger partial charge on any atom is -0.314 e. The van der Waals surface area contributed by atoms with Crippen LogP contribution in [-0.4, -0.2) is 5.91 Å². The first-order chi connectivity index (χ1) is 9.56. The van der Waals surface area contributed by atoms with E-state index in [1.807, 2.05) is 43.3 Å². The number of halogens is 2. The smallest absolute Gasteiger partial charge is 0.300 e. The lowest BCUT2D eigenvalue weighted by Crippen LogP contribution is -2.09. The number of anilines is 1. The van der Waals surface area contributed by atoms with Gasteiger partial charge in [0.05, 0.1) is 5.69 Å². The Balaban J connectivity index is 2.13. The highest BCUT2D eigenvalue weighted by molar-refractivity contribution is 9.10. The van der Waals surface area contributed by atoms with Crippen LogP contribution in [0.1, 0.15) is 11.1 Å². The van der Waals surface area contributed by atoms with Crippen molar-refractivity contribution in [2.24, 2.45) is 0 Å². The highest BCUT2D eigenvalue weighted by Crippen LogP contribution is 2.28. The maximum absolute atomic E-state index is 11.8. The molecule has 0 spiro atoms. The number of hydrogen-bond donors (Lipinski definition) is 1. The summed E-state index contributed by atoms with van der Waals surface area (Å²) in [5, 5.41) is 3.30. The predicted octanol–water partition coefficient (Wildman–Crippen LogP) is 4.40. The molecule has 2 aromatic rings. The summed E-state index contributed by atoms with van der Waals surface area (Å²) >= 11 is 9.42. The Morgan fingerprint density at radius 3 is 2.65 bits per heavy atom. The molecule has 2 rings (SSSR count). The predicted molar refractivity (Wildman–Crippen MR) is 85.8 cm³/mol. The third-order valence-corrected chi connectivity index (χ3v) is 3.65. The van der Waals surface area contributed by atoms with Gasteiger partial charge in [0, 0.05) is 21.0 Å². The van der Waals surface area contributed by atoms with Gasteiger partial charge < -0.3 is 5.32 Å². The van der Waals surface area contributed by atoms with Crippen molar-refractivity contribution in [3.63, 3.8) is 0 Å². The van der Waals surface area contributed by atoms with Gasteiger partial charge in [-0.25, -0.2) is 0 Å². The number of carbonyl (C=O) groups is 1. The Hall–Kier alpha value is -1.76. The van der Waals surface area contributed by atoms with Gasteiger partial charge in [-0.15, -0.1) is 0 Å². The first-order valence-corrected chi connectivity index (χ1v) is 7.07. The third kappa shape index (κ3) is 3.86. The Labute approximate surface area is 131 Å². The molecule has 2 aromatic carbocycles. The van der Waals surface area contributed by atoms with Crippen molar-refractivity contribution < 1.29 is 4.79 Å². The highest BCUT2D eigenvalue weighted by Gasteiger charge is 2.06. The average molecular weight is 349 g/mol. The fraction of sp³-hybridized carbons (Fsp3) is 0.0625. The van der Waals surface area contributed by atoms with Crippen LogP contribution >= 0.6 is 27.5 Å². The second-order valence-corrected chi connectivity index (χ2v) is 5.41. The van der Waals surface area contributed by atoms with Crippen LogP contribution in [0.5, 0.6) is 0 Å². The van der Waals surface area contributed by atoms with Crippen molar-refractivity contribution in [3.8, 4) is 11.8 Å². The van der Waals surface area contributed by atoms with Gasteiger partial charge in [0.1, 0.15) is 0 Å². The van der Waals surface area contributed by atoms with Crippen LogP contribution in [0.25, 0.3) is 0 Å². The summed E-state index contributed by atoms with van der Waals surface area (Å²) in [6.07, 6.45) is 0. The van der Waals surface area contributed by atoms with Gasteiger partial charge in [0.25, 0.3) is 0 Å². The van der Waals surface area contributed by atoms with E-state index in [0.29, 0.717) is 10.7 Å². The molecule has 20 heavy (non-hydrogen) atoms. The van der Waals surface area contributed by atoms with Crippen LogP contribution < -0.4 is 5.32 Å². The second kappa shape index (κ2) is 6.60. The van der Waals surface area contributed by atoms with Crippen LogP contribution in [0.4, 0.5) is 5.69 Å². The number of carbonyl (C=O) groups excluding carboxylic acids is 1. The van der Waals surface area contributed by atoms with Gasteiger partial charge in [-0.3, -0.25) is 4.79 Å². The number of nitrogens with one attached hydrogen (secondary N) is 1. The summed E-state index contributed by atoms with van der Waals surface area (Å²) in [5.74, 6) is 4.96. The van der Waals surface area contributed by atoms with Crippen molar-refractivity contribution in [2.75, 3.05) is 5.32 Å². The van der Waals surface area contributed by atoms with Crippen LogP contribution in [0.3, 0.4) is 0 Å². The zero-order valence-corrected chi connectivity index (χ0v) is 13.0. The zero-order valence-electron chi connectivity index (χ0n) is 10.7. The number of aryl methyl sites for hydroxylation is 1. The van der Waals surface area contributed by atoms with E-state index < -0.39 is 0 Å². The van der Waals surface area contributed by atoms with E-state index in [9.17, 15) is 4.79 Å². The van der Waals surface area contributed by atoms with Crippen LogP contribution in [0.15, 0.2) is 46.9 Å². The number of rotatable bonds is 1. The lowest BCUT2D eigenvalue weighted by Gasteiger charge is -2.07. The zero-order chi connectivity index (χ0) is 14.5. The molecule has 0 aliphatic heterocycles. The number of amides is 1. The highest BCUT2D eigenvalue weighted by atomic mass is 79.9. The summed E-state index contributed by atoms with van der Waals surface area (Å²) in [4.78, 5) is 11.8. The number of hydrogen-bond acceptors (Lipinski definition) is 1. The van der Waals surface area contributed by atoms with Gasteiger partial charge in [-0.1, -0.05) is 35.7 Å². The van der Waals surface area contributed by atoms with Gasteiger partial charge in [0.2, 0.25) is 0 Å². The van der Waals surface area contributed by atoms with Crippen molar-refractivity contribution in [2.45, 2.75) is 6.92 Å². The topological polar surface area (TPSA) is 29.1 Å². The first kappa shape index (κ1) is 14.6. The lowest BCUT2D eigenvalue weighted by atomic mass is 10.2. The summed E-state index contributed by atoms with van der Waals surface area (Å²) in [6.45, 7) is 1.90. The molecule has 0 aliphatic carbocycles. The van der Waals surface area contributed by atoms with Gasteiger partial charge >= 0.3 is 5.91 Å². The molecule has 0 atom stereocenters. The molecule has 0 unspecified atom stereocenters. The normalized spacial score (nSPS) is 9.55. The molecule has 0 aromatic heterocycles. The molecule has 100 valence electrons. The summed E-state index contributed by atoms with van der Waals surface area (Å²) < 4.78 is 0.772. The maximum Gasteiger partial charge on any atom is 0.300 e. The Morgan fingerprint density at radius 2 is 1.95 bits per heavy atom. The molecule has 1 amide bonds. The fourth-order valence-corrected chi connectivity index (χ4v) is 2.27. The van der Waals surface area contributed by atoms with E-state index in [2.05, 4.69) is 33.1 Å². The molecule has 4 heteroatoms.